The SMILES string of the molecule is COc1ccc(C(=O)Nc2cccc(CNCc3cc(OC)c(OC)c(OC)c3)c2)cc1. The van der Waals surface area contributed by atoms with Gasteiger partial charge in [0.05, 0.1) is 28.4 Å². The number of amides is 1. The molecule has 32 heavy (non-hydrogen) atoms. The van der Waals surface area contributed by atoms with Crippen LogP contribution >= 0.6 is 0 Å². The van der Waals surface area contributed by atoms with Crippen molar-refractivity contribution in [3.63, 3.8) is 0 Å². The van der Waals surface area contributed by atoms with Crippen LogP contribution in [-0.4, -0.2) is 34.3 Å². The van der Waals surface area contributed by atoms with Gasteiger partial charge in [-0.3, -0.25) is 4.79 Å². The van der Waals surface area contributed by atoms with Gasteiger partial charge in [0.2, 0.25) is 5.75 Å². The van der Waals surface area contributed by atoms with E-state index < -0.39 is 0 Å². The molecule has 0 saturated heterocycles. The predicted octanol–water partition coefficient (Wildman–Crippen LogP) is 4.26. The van der Waals surface area contributed by atoms with Crippen molar-refractivity contribution < 1.29 is 23.7 Å². The maximum Gasteiger partial charge on any atom is 0.255 e. The van der Waals surface area contributed by atoms with Gasteiger partial charge in [-0.05, 0) is 59.7 Å². The van der Waals surface area contributed by atoms with Gasteiger partial charge in [-0.2, -0.15) is 0 Å². The molecule has 0 spiro atoms. The van der Waals surface area contributed by atoms with Crippen LogP contribution in [0.5, 0.6) is 23.0 Å². The molecule has 0 aromatic heterocycles. The van der Waals surface area contributed by atoms with E-state index in [0.29, 0.717) is 41.7 Å². The van der Waals surface area contributed by atoms with Crippen LogP contribution < -0.4 is 29.6 Å². The molecule has 168 valence electrons. The Morgan fingerprint density at radius 2 is 1.41 bits per heavy atom. The molecule has 0 saturated carbocycles. The molecule has 7 nitrogen and oxygen atoms in total. The zero-order valence-corrected chi connectivity index (χ0v) is 18.7. The van der Waals surface area contributed by atoms with E-state index in [1.54, 1.807) is 52.7 Å². The average Bonchev–Trinajstić information content (AvgIpc) is 2.83. The van der Waals surface area contributed by atoms with Crippen LogP contribution in [0.15, 0.2) is 60.7 Å². The number of methoxy groups -OCH3 is 4. The molecule has 3 aromatic rings. The lowest BCUT2D eigenvalue weighted by Gasteiger charge is -2.14. The Hall–Kier alpha value is -3.71. The monoisotopic (exact) mass is 436 g/mol. The van der Waals surface area contributed by atoms with Gasteiger partial charge in [-0.15, -0.1) is 0 Å². The molecule has 0 aliphatic heterocycles. The Morgan fingerprint density at radius 1 is 0.750 bits per heavy atom. The third kappa shape index (κ3) is 5.70. The summed E-state index contributed by atoms with van der Waals surface area (Å²) in [4.78, 5) is 12.5. The predicted molar refractivity (Wildman–Crippen MR) is 124 cm³/mol. The first kappa shape index (κ1) is 23.0. The van der Waals surface area contributed by atoms with E-state index in [9.17, 15) is 4.79 Å². The molecule has 0 fully saturated rings. The van der Waals surface area contributed by atoms with Gasteiger partial charge < -0.3 is 29.6 Å². The molecule has 0 radical (unpaired) electrons. The largest absolute Gasteiger partial charge is 0.497 e. The fourth-order valence-corrected chi connectivity index (χ4v) is 3.29. The summed E-state index contributed by atoms with van der Waals surface area (Å²) in [5.41, 5.74) is 3.35. The highest BCUT2D eigenvalue weighted by atomic mass is 16.5. The summed E-state index contributed by atoms with van der Waals surface area (Å²) in [5, 5.41) is 6.34. The Bertz CT molecular complexity index is 1030. The lowest BCUT2D eigenvalue weighted by molar-refractivity contribution is 0.102. The zero-order valence-electron chi connectivity index (χ0n) is 18.7. The fraction of sp³-hybridized carbons (Fsp3) is 0.240. The molecule has 0 atom stereocenters. The Kier molecular flexibility index (Phi) is 7.94. The van der Waals surface area contributed by atoms with Crippen molar-refractivity contribution in [2.45, 2.75) is 13.1 Å². The number of benzene rings is 3. The zero-order chi connectivity index (χ0) is 22.9. The highest BCUT2D eigenvalue weighted by Crippen LogP contribution is 2.38. The third-order valence-corrected chi connectivity index (χ3v) is 4.92. The molecule has 0 aliphatic carbocycles. The van der Waals surface area contributed by atoms with Crippen LogP contribution in [0.3, 0.4) is 0 Å². The normalized spacial score (nSPS) is 10.4. The van der Waals surface area contributed by atoms with Gasteiger partial charge >= 0.3 is 0 Å². The van der Waals surface area contributed by atoms with Gasteiger partial charge in [0.1, 0.15) is 5.75 Å². The Morgan fingerprint density at radius 3 is 2.00 bits per heavy atom. The van der Waals surface area contributed by atoms with Gasteiger partial charge in [-0.25, -0.2) is 0 Å². The quantitative estimate of drug-likeness (QED) is 0.494. The van der Waals surface area contributed by atoms with Crippen LogP contribution in [0.2, 0.25) is 0 Å². The molecule has 0 heterocycles. The summed E-state index contributed by atoms with van der Waals surface area (Å²) < 4.78 is 21.3. The maximum absolute atomic E-state index is 12.5. The highest BCUT2D eigenvalue weighted by molar-refractivity contribution is 6.04. The molecule has 0 bridgehead atoms. The summed E-state index contributed by atoms with van der Waals surface area (Å²) in [6.07, 6.45) is 0. The molecular formula is C25H28N2O5. The minimum atomic E-state index is -0.171. The number of rotatable bonds is 10. The summed E-state index contributed by atoms with van der Waals surface area (Å²) in [6.45, 7) is 1.24. The van der Waals surface area contributed by atoms with Crippen LogP contribution in [0, 0.1) is 0 Å². The number of hydrogen-bond donors (Lipinski definition) is 2. The minimum absolute atomic E-state index is 0.171. The standard InChI is InChI=1S/C25H28N2O5/c1-29-21-10-8-19(9-11-21)25(28)27-20-7-5-6-17(12-20)15-26-16-18-13-22(30-2)24(32-4)23(14-18)31-3/h5-14,26H,15-16H2,1-4H3,(H,27,28). The van der Waals surface area contributed by atoms with Crippen LogP contribution in [-0.2, 0) is 13.1 Å². The van der Waals surface area contributed by atoms with Gasteiger partial charge in [-0.1, -0.05) is 12.1 Å². The van der Waals surface area contributed by atoms with Gasteiger partial charge in [0.15, 0.2) is 11.5 Å². The van der Waals surface area contributed by atoms with Crippen molar-refractivity contribution in [1.29, 1.82) is 0 Å². The number of carbonyl (C=O) groups is 1. The topological polar surface area (TPSA) is 78.1 Å². The third-order valence-electron chi connectivity index (χ3n) is 4.92. The molecule has 3 aromatic carbocycles. The van der Waals surface area contributed by atoms with Gasteiger partial charge in [0.25, 0.3) is 5.91 Å². The number of anilines is 1. The van der Waals surface area contributed by atoms with Crippen molar-refractivity contribution >= 4 is 11.6 Å². The molecule has 0 aliphatic rings. The summed E-state index contributed by atoms with van der Waals surface area (Å²) in [7, 11) is 6.37. The van der Waals surface area contributed by atoms with E-state index in [-0.39, 0.29) is 5.91 Å². The molecule has 3 rings (SSSR count). The summed E-state index contributed by atoms with van der Waals surface area (Å²) in [6, 6.07) is 18.6. The molecule has 1 amide bonds. The Balaban J connectivity index is 1.61. The fourth-order valence-electron chi connectivity index (χ4n) is 3.29. The van der Waals surface area contributed by atoms with E-state index in [4.69, 9.17) is 18.9 Å². The molecule has 0 unspecified atom stereocenters. The smallest absolute Gasteiger partial charge is 0.255 e. The number of hydrogen-bond acceptors (Lipinski definition) is 6. The van der Waals surface area contributed by atoms with Crippen LogP contribution in [0.4, 0.5) is 5.69 Å². The van der Waals surface area contributed by atoms with E-state index in [2.05, 4.69) is 10.6 Å². The second kappa shape index (κ2) is 11.1. The highest BCUT2D eigenvalue weighted by Gasteiger charge is 2.13. The molecule has 2 N–H and O–H groups in total. The first-order chi connectivity index (χ1) is 15.6. The molecular weight excluding hydrogens is 408 g/mol. The van der Waals surface area contributed by atoms with Crippen molar-refractivity contribution in [1.82, 2.24) is 5.32 Å². The second-order valence-electron chi connectivity index (χ2n) is 7.02. The van der Waals surface area contributed by atoms with Crippen molar-refractivity contribution in [3.05, 3.63) is 77.4 Å². The van der Waals surface area contributed by atoms with Crippen molar-refractivity contribution in [2.24, 2.45) is 0 Å². The van der Waals surface area contributed by atoms with E-state index in [0.717, 1.165) is 16.8 Å². The first-order valence-electron chi connectivity index (χ1n) is 10.1. The van der Waals surface area contributed by atoms with Gasteiger partial charge in [0, 0.05) is 24.3 Å². The van der Waals surface area contributed by atoms with E-state index in [1.165, 1.54) is 0 Å². The lowest BCUT2D eigenvalue weighted by atomic mass is 10.1. The van der Waals surface area contributed by atoms with E-state index >= 15 is 0 Å². The first-order valence-corrected chi connectivity index (χ1v) is 10.1. The lowest BCUT2D eigenvalue weighted by Crippen LogP contribution is -2.14. The maximum atomic E-state index is 12.5. The minimum Gasteiger partial charge on any atom is -0.497 e. The summed E-state index contributed by atoms with van der Waals surface area (Å²) in [5.74, 6) is 2.34. The van der Waals surface area contributed by atoms with Crippen LogP contribution in [0.1, 0.15) is 21.5 Å². The van der Waals surface area contributed by atoms with Crippen molar-refractivity contribution in [3.8, 4) is 23.0 Å². The second-order valence-corrected chi connectivity index (χ2v) is 7.02. The van der Waals surface area contributed by atoms with Crippen molar-refractivity contribution in [2.75, 3.05) is 33.8 Å². The number of carbonyl (C=O) groups excluding carboxylic acids is 1. The average molecular weight is 437 g/mol. The van der Waals surface area contributed by atoms with E-state index in [1.807, 2.05) is 36.4 Å². The van der Waals surface area contributed by atoms with Crippen LogP contribution in [0.25, 0.3) is 0 Å². The number of nitrogens with one attached hydrogen (secondary N) is 2. The number of ether oxygens (including phenoxy) is 4. The molecule has 7 heteroatoms. The Labute approximate surface area is 188 Å². The summed E-state index contributed by atoms with van der Waals surface area (Å²) >= 11 is 0.